The topological polar surface area (TPSA) is 44.1 Å². The van der Waals surface area contributed by atoms with E-state index in [2.05, 4.69) is 12.0 Å². The molecule has 0 N–H and O–H groups in total. The molecule has 1 aliphatic heterocycles. The van der Waals surface area contributed by atoms with Gasteiger partial charge in [-0.2, -0.15) is 5.10 Å². The number of hydrogen-bond acceptors (Lipinski definition) is 3. The zero-order chi connectivity index (χ0) is 9.42. The molecule has 1 unspecified atom stereocenters. The largest absolute Gasteiger partial charge is 0.477 e. The Bertz CT molecular complexity index is 348. The second kappa shape index (κ2) is 3.03. The van der Waals surface area contributed by atoms with Crippen LogP contribution in [0.2, 0.25) is 0 Å². The number of nitrogens with zero attached hydrogens (tertiary/aromatic N) is 2. The first-order valence-corrected chi connectivity index (χ1v) is 4.44. The number of rotatable bonds is 1. The molecule has 0 aliphatic carbocycles. The van der Waals surface area contributed by atoms with Gasteiger partial charge in [0.2, 0.25) is 5.88 Å². The molecular formula is C8H9ClN2O2. The van der Waals surface area contributed by atoms with E-state index in [1.54, 1.807) is 4.68 Å². The third kappa shape index (κ3) is 1.42. The maximum atomic E-state index is 10.9. The van der Waals surface area contributed by atoms with Crippen LogP contribution in [0, 0.1) is 5.92 Å². The van der Waals surface area contributed by atoms with Crippen molar-refractivity contribution in [1.82, 2.24) is 9.78 Å². The lowest BCUT2D eigenvalue weighted by Crippen LogP contribution is -2.23. The van der Waals surface area contributed by atoms with E-state index in [9.17, 15) is 4.79 Å². The minimum absolute atomic E-state index is 0.355. The van der Waals surface area contributed by atoms with Gasteiger partial charge in [0.1, 0.15) is 5.56 Å². The van der Waals surface area contributed by atoms with Crippen LogP contribution in [0.3, 0.4) is 0 Å². The number of hydrogen-bond donors (Lipinski definition) is 0. The van der Waals surface area contributed by atoms with Crippen molar-refractivity contribution in [1.29, 1.82) is 0 Å². The molecule has 1 atom stereocenters. The molecule has 0 saturated carbocycles. The summed E-state index contributed by atoms with van der Waals surface area (Å²) >= 11 is 5.35. The Morgan fingerprint density at radius 3 is 3.31 bits per heavy atom. The second-order valence-electron chi connectivity index (χ2n) is 3.24. The monoisotopic (exact) mass is 200 g/mol. The van der Waals surface area contributed by atoms with Crippen LogP contribution in [0.15, 0.2) is 6.20 Å². The molecule has 0 fully saturated rings. The first-order chi connectivity index (χ1) is 6.18. The molecule has 0 spiro atoms. The number of halogens is 1. The van der Waals surface area contributed by atoms with E-state index >= 15 is 0 Å². The second-order valence-corrected chi connectivity index (χ2v) is 3.58. The van der Waals surface area contributed by atoms with Crippen molar-refractivity contribution in [2.75, 3.05) is 6.61 Å². The van der Waals surface area contributed by atoms with Crippen molar-refractivity contribution < 1.29 is 9.53 Å². The fourth-order valence-corrected chi connectivity index (χ4v) is 1.49. The number of carbonyl (C=O) groups is 1. The standard InChI is InChI=1S/C8H9ClN2O2/c1-5-3-11-8(13-4-5)6(2-10-11)7(9)12/h2,5H,3-4H2,1H3. The van der Waals surface area contributed by atoms with Gasteiger partial charge < -0.3 is 4.74 Å². The molecule has 0 radical (unpaired) electrons. The molecule has 0 saturated heterocycles. The molecule has 1 aromatic rings. The van der Waals surface area contributed by atoms with Crippen molar-refractivity contribution in [2.45, 2.75) is 13.5 Å². The first-order valence-electron chi connectivity index (χ1n) is 4.07. The summed E-state index contributed by atoms with van der Waals surface area (Å²) in [6, 6.07) is 0. The first kappa shape index (κ1) is 8.56. The van der Waals surface area contributed by atoms with Crippen molar-refractivity contribution >= 4 is 16.8 Å². The predicted octanol–water partition coefficient (Wildman–Crippen LogP) is 1.29. The highest BCUT2D eigenvalue weighted by Crippen LogP contribution is 2.25. The highest BCUT2D eigenvalue weighted by Gasteiger charge is 2.23. The van der Waals surface area contributed by atoms with Crippen LogP contribution in [0.4, 0.5) is 0 Å². The van der Waals surface area contributed by atoms with Crippen LogP contribution in [-0.2, 0) is 6.54 Å². The lowest BCUT2D eigenvalue weighted by molar-refractivity contribution is 0.107. The van der Waals surface area contributed by atoms with E-state index in [-0.39, 0.29) is 0 Å². The molecule has 70 valence electrons. The summed E-state index contributed by atoms with van der Waals surface area (Å²) in [7, 11) is 0. The molecule has 0 amide bonds. The highest BCUT2D eigenvalue weighted by atomic mass is 35.5. The Balaban J connectivity index is 2.39. The highest BCUT2D eigenvalue weighted by molar-refractivity contribution is 6.68. The summed E-state index contributed by atoms with van der Waals surface area (Å²) in [5.74, 6) is 0.920. The van der Waals surface area contributed by atoms with Crippen molar-refractivity contribution in [2.24, 2.45) is 5.92 Å². The molecule has 2 rings (SSSR count). The Labute approximate surface area is 80.4 Å². The molecule has 2 heterocycles. The Morgan fingerprint density at radius 2 is 2.62 bits per heavy atom. The number of ether oxygens (including phenoxy) is 1. The van der Waals surface area contributed by atoms with E-state index in [0.717, 1.165) is 6.54 Å². The quantitative estimate of drug-likeness (QED) is 0.642. The van der Waals surface area contributed by atoms with E-state index in [4.69, 9.17) is 16.3 Å². The van der Waals surface area contributed by atoms with Crippen LogP contribution in [0.5, 0.6) is 5.88 Å². The third-order valence-electron chi connectivity index (χ3n) is 1.99. The van der Waals surface area contributed by atoms with Gasteiger partial charge in [-0.25, -0.2) is 4.68 Å². The molecule has 5 heteroatoms. The van der Waals surface area contributed by atoms with Gasteiger partial charge in [0.05, 0.1) is 19.3 Å². The number of fused-ring (bicyclic) bond motifs is 1. The average molecular weight is 201 g/mol. The Hall–Kier alpha value is -1.03. The zero-order valence-electron chi connectivity index (χ0n) is 7.16. The minimum Gasteiger partial charge on any atom is -0.477 e. The van der Waals surface area contributed by atoms with Gasteiger partial charge in [0, 0.05) is 5.92 Å². The summed E-state index contributed by atoms with van der Waals surface area (Å²) in [6.07, 6.45) is 1.45. The summed E-state index contributed by atoms with van der Waals surface area (Å²) in [5, 5.41) is 3.50. The third-order valence-corrected chi connectivity index (χ3v) is 2.20. The van der Waals surface area contributed by atoms with E-state index in [1.165, 1.54) is 6.20 Å². The average Bonchev–Trinajstić information content (AvgIpc) is 2.46. The lowest BCUT2D eigenvalue weighted by atomic mass is 10.2. The van der Waals surface area contributed by atoms with Gasteiger partial charge in [-0.1, -0.05) is 6.92 Å². The van der Waals surface area contributed by atoms with E-state index in [1.807, 2.05) is 0 Å². The van der Waals surface area contributed by atoms with Gasteiger partial charge in [-0.05, 0) is 11.6 Å². The maximum absolute atomic E-state index is 10.9. The molecule has 1 aromatic heterocycles. The number of aromatic nitrogens is 2. The Kier molecular flexibility index (Phi) is 2.00. The molecule has 0 bridgehead atoms. The lowest BCUT2D eigenvalue weighted by Gasteiger charge is -2.20. The summed E-state index contributed by atoms with van der Waals surface area (Å²) in [4.78, 5) is 10.9. The molecule has 13 heavy (non-hydrogen) atoms. The van der Waals surface area contributed by atoms with Gasteiger partial charge in [0.25, 0.3) is 5.24 Å². The van der Waals surface area contributed by atoms with Crippen molar-refractivity contribution in [3.8, 4) is 5.88 Å². The summed E-state index contributed by atoms with van der Waals surface area (Å²) in [5.41, 5.74) is 0.355. The molecule has 4 nitrogen and oxygen atoms in total. The van der Waals surface area contributed by atoms with Gasteiger partial charge in [0.15, 0.2) is 0 Å². The van der Waals surface area contributed by atoms with E-state index < -0.39 is 5.24 Å². The summed E-state index contributed by atoms with van der Waals surface area (Å²) in [6.45, 7) is 3.45. The van der Waals surface area contributed by atoms with Gasteiger partial charge in [-0.15, -0.1) is 0 Å². The van der Waals surface area contributed by atoms with Crippen LogP contribution in [-0.4, -0.2) is 21.6 Å². The fourth-order valence-electron chi connectivity index (χ4n) is 1.36. The van der Waals surface area contributed by atoms with Crippen LogP contribution < -0.4 is 4.74 Å². The predicted molar refractivity (Wildman–Crippen MR) is 47.1 cm³/mol. The molecular weight excluding hydrogens is 192 g/mol. The van der Waals surface area contributed by atoms with Gasteiger partial charge >= 0.3 is 0 Å². The minimum atomic E-state index is -0.518. The Morgan fingerprint density at radius 1 is 1.85 bits per heavy atom. The SMILES string of the molecule is CC1COc2c(C(=O)Cl)cnn2C1. The smallest absolute Gasteiger partial charge is 0.259 e. The number of carbonyl (C=O) groups excluding carboxylic acids is 1. The zero-order valence-corrected chi connectivity index (χ0v) is 7.91. The van der Waals surface area contributed by atoms with Crippen molar-refractivity contribution in [3.05, 3.63) is 11.8 Å². The van der Waals surface area contributed by atoms with E-state index in [0.29, 0.717) is 24.0 Å². The van der Waals surface area contributed by atoms with Crippen LogP contribution in [0.1, 0.15) is 17.3 Å². The van der Waals surface area contributed by atoms with Crippen LogP contribution in [0.25, 0.3) is 0 Å². The molecule has 0 aromatic carbocycles. The van der Waals surface area contributed by atoms with Crippen LogP contribution >= 0.6 is 11.6 Å². The fraction of sp³-hybridized carbons (Fsp3) is 0.500. The normalized spacial score (nSPS) is 20.6. The van der Waals surface area contributed by atoms with Crippen molar-refractivity contribution in [3.63, 3.8) is 0 Å². The molecule has 1 aliphatic rings. The maximum Gasteiger partial charge on any atom is 0.259 e. The van der Waals surface area contributed by atoms with Gasteiger partial charge in [-0.3, -0.25) is 4.79 Å². The summed E-state index contributed by atoms with van der Waals surface area (Å²) < 4.78 is 7.03.